The van der Waals surface area contributed by atoms with Crippen LogP contribution in [0.4, 0.5) is 15.9 Å². The normalized spacial score (nSPS) is 14.0. The number of halogens is 1. The molecule has 0 unspecified atom stereocenters. The highest BCUT2D eigenvalue weighted by atomic mass is 19.1. The molecule has 2 N–H and O–H groups in total. The highest BCUT2D eigenvalue weighted by molar-refractivity contribution is 5.89. The van der Waals surface area contributed by atoms with Crippen molar-refractivity contribution in [3.63, 3.8) is 0 Å². The topological polar surface area (TPSA) is 132 Å². The van der Waals surface area contributed by atoms with Crippen LogP contribution >= 0.6 is 0 Å². The van der Waals surface area contributed by atoms with E-state index in [1.54, 1.807) is 18.5 Å². The summed E-state index contributed by atoms with van der Waals surface area (Å²) in [6.07, 6.45) is 4.52. The number of nitrogens with two attached hydrogens (primary N) is 1. The van der Waals surface area contributed by atoms with Gasteiger partial charge in [0, 0.05) is 61.8 Å². The molecule has 11 nitrogen and oxygen atoms in total. The van der Waals surface area contributed by atoms with Crippen molar-refractivity contribution in [1.29, 1.82) is 0 Å². The van der Waals surface area contributed by atoms with Gasteiger partial charge in [-0.15, -0.1) is 0 Å². The van der Waals surface area contributed by atoms with Crippen LogP contribution in [0.25, 0.3) is 39.5 Å². The second kappa shape index (κ2) is 11.0. The number of methoxy groups -OCH3 is 1. The maximum Gasteiger partial charge on any atom is 0.272 e. The molecule has 1 fully saturated rings. The van der Waals surface area contributed by atoms with E-state index in [0.29, 0.717) is 41.8 Å². The minimum Gasteiger partial charge on any atom is -0.491 e. The maximum absolute atomic E-state index is 13.5. The number of nitrogens with zero attached hydrogens (tertiary/aromatic N) is 7. The molecular formula is C32H27FN8O3. The van der Waals surface area contributed by atoms with Crippen LogP contribution in [0.5, 0.6) is 5.75 Å². The molecule has 2 aromatic carbocycles. The smallest absolute Gasteiger partial charge is 0.272 e. The van der Waals surface area contributed by atoms with Gasteiger partial charge in [0.15, 0.2) is 11.6 Å². The van der Waals surface area contributed by atoms with Gasteiger partial charge in [-0.25, -0.2) is 24.3 Å². The number of benzene rings is 1. The summed E-state index contributed by atoms with van der Waals surface area (Å²) >= 11 is 0. The lowest BCUT2D eigenvalue weighted by Gasteiger charge is -2.36. The lowest BCUT2D eigenvalue weighted by Crippen LogP contribution is -2.50. The summed E-state index contributed by atoms with van der Waals surface area (Å²) in [5, 5.41) is 0.800. The van der Waals surface area contributed by atoms with E-state index < -0.39 is 16.7 Å². The summed E-state index contributed by atoms with van der Waals surface area (Å²) in [5.74, 6) is 0.495. The average Bonchev–Trinajstić information content (AvgIpc) is 3.43. The SMILES string of the molecule is COc1c(N2CCN(Cc3ccc(-n4c(-c5cccnc5N)cc5cnc(-c6ccc(F)cn6)nc54)cc3)CC2)c(=O)c1=O. The fourth-order valence-electron chi connectivity index (χ4n) is 5.69. The van der Waals surface area contributed by atoms with Gasteiger partial charge in [0.1, 0.15) is 28.7 Å². The number of piperazine rings is 1. The Bertz CT molecular complexity index is 2060. The van der Waals surface area contributed by atoms with E-state index in [9.17, 15) is 14.0 Å². The number of nitrogen functional groups attached to an aromatic ring is 1. The standard InChI is InChI=1S/C32H27FN8O3/c1-44-29-26(27(42)28(29)43)40-13-11-39(12-14-40)18-19-4-7-22(8-5-19)41-25(23-3-2-10-35-30(23)34)15-20-16-37-31(38-32(20)41)24-9-6-21(33)17-36-24/h2-10,15-17H,11-14,18H2,1H3,(H2,34,35). The molecule has 220 valence electrons. The van der Waals surface area contributed by atoms with Crippen molar-refractivity contribution in [2.45, 2.75) is 6.54 Å². The van der Waals surface area contributed by atoms with E-state index >= 15 is 0 Å². The van der Waals surface area contributed by atoms with Gasteiger partial charge < -0.3 is 15.4 Å². The molecule has 0 saturated carbocycles. The summed E-state index contributed by atoms with van der Waals surface area (Å²) < 4.78 is 20.6. The number of rotatable bonds is 7. The first-order valence-electron chi connectivity index (χ1n) is 14.1. The monoisotopic (exact) mass is 590 g/mol. The van der Waals surface area contributed by atoms with Crippen molar-refractivity contribution < 1.29 is 9.13 Å². The summed E-state index contributed by atoms with van der Waals surface area (Å²) in [7, 11) is 1.42. The second-order valence-electron chi connectivity index (χ2n) is 10.6. The van der Waals surface area contributed by atoms with E-state index in [1.807, 2.05) is 39.8 Å². The van der Waals surface area contributed by atoms with E-state index in [-0.39, 0.29) is 5.75 Å². The molecule has 5 heterocycles. The molecule has 44 heavy (non-hydrogen) atoms. The van der Waals surface area contributed by atoms with Crippen molar-refractivity contribution >= 4 is 22.5 Å². The summed E-state index contributed by atoms with van der Waals surface area (Å²) in [4.78, 5) is 45.8. The Morgan fingerprint density at radius 3 is 2.43 bits per heavy atom. The van der Waals surface area contributed by atoms with Crippen LogP contribution in [-0.2, 0) is 6.54 Å². The zero-order chi connectivity index (χ0) is 30.4. The highest BCUT2D eigenvalue weighted by Crippen LogP contribution is 2.34. The quantitative estimate of drug-likeness (QED) is 0.277. The van der Waals surface area contributed by atoms with Gasteiger partial charge in [-0.3, -0.25) is 19.1 Å². The molecule has 1 aliphatic rings. The van der Waals surface area contributed by atoms with E-state index in [4.69, 9.17) is 15.5 Å². The van der Waals surface area contributed by atoms with Crippen LogP contribution in [0.3, 0.4) is 0 Å². The van der Waals surface area contributed by atoms with Crippen molar-refractivity contribution in [3.05, 3.63) is 105 Å². The third-order valence-electron chi connectivity index (χ3n) is 7.95. The number of hydrogen-bond acceptors (Lipinski definition) is 10. The number of anilines is 2. The Morgan fingerprint density at radius 1 is 0.932 bits per heavy atom. The van der Waals surface area contributed by atoms with Gasteiger partial charge in [0.25, 0.3) is 10.9 Å². The number of aromatic nitrogens is 5. The summed E-state index contributed by atoms with van der Waals surface area (Å²) in [5.41, 5.74) is 10.3. The molecule has 0 amide bonds. The predicted molar refractivity (Wildman–Crippen MR) is 165 cm³/mol. The van der Waals surface area contributed by atoms with Crippen LogP contribution in [0.15, 0.2) is 82.8 Å². The maximum atomic E-state index is 13.5. The Hall–Kier alpha value is -5.49. The number of ether oxygens (including phenoxy) is 1. The lowest BCUT2D eigenvalue weighted by atomic mass is 10.1. The van der Waals surface area contributed by atoms with Gasteiger partial charge in [-0.1, -0.05) is 12.1 Å². The number of pyridine rings is 2. The molecule has 0 spiro atoms. The van der Waals surface area contributed by atoms with E-state index in [2.05, 4.69) is 32.0 Å². The molecule has 1 aliphatic heterocycles. The Kier molecular flexibility index (Phi) is 6.82. The molecule has 12 heteroatoms. The number of fused-ring (bicyclic) bond motifs is 1. The van der Waals surface area contributed by atoms with Crippen molar-refractivity contribution in [2.24, 2.45) is 0 Å². The Balaban J connectivity index is 1.18. The largest absolute Gasteiger partial charge is 0.491 e. The fraction of sp³-hybridized carbons (Fsp3) is 0.188. The third kappa shape index (κ3) is 4.74. The van der Waals surface area contributed by atoms with Gasteiger partial charge in [-0.2, -0.15) is 0 Å². The predicted octanol–water partition coefficient (Wildman–Crippen LogP) is 3.19. The highest BCUT2D eigenvalue weighted by Gasteiger charge is 2.29. The average molecular weight is 591 g/mol. The van der Waals surface area contributed by atoms with Gasteiger partial charge in [-0.05, 0) is 48.0 Å². The molecule has 0 radical (unpaired) electrons. The fourth-order valence-corrected chi connectivity index (χ4v) is 5.69. The number of hydrogen-bond donors (Lipinski definition) is 1. The summed E-state index contributed by atoms with van der Waals surface area (Å²) in [6, 6.07) is 16.8. The molecule has 0 bridgehead atoms. The van der Waals surface area contributed by atoms with Crippen molar-refractivity contribution in [3.8, 4) is 34.2 Å². The van der Waals surface area contributed by atoms with Crippen molar-refractivity contribution in [1.82, 2.24) is 29.4 Å². The Morgan fingerprint density at radius 2 is 1.73 bits per heavy atom. The lowest BCUT2D eigenvalue weighted by molar-refractivity contribution is 0.248. The molecular weight excluding hydrogens is 563 g/mol. The van der Waals surface area contributed by atoms with E-state index in [0.717, 1.165) is 53.7 Å². The first-order valence-corrected chi connectivity index (χ1v) is 14.1. The van der Waals surface area contributed by atoms with Gasteiger partial charge in [0.2, 0.25) is 0 Å². The molecule has 0 aliphatic carbocycles. The summed E-state index contributed by atoms with van der Waals surface area (Å²) in [6.45, 7) is 3.49. The zero-order valence-corrected chi connectivity index (χ0v) is 23.8. The molecule has 0 atom stereocenters. The molecule has 1 saturated heterocycles. The van der Waals surface area contributed by atoms with Crippen LogP contribution in [-0.4, -0.2) is 62.7 Å². The molecule has 7 rings (SSSR count). The minimum atomic E-state index is -0.551. The van der Waals surface area contributed by atoms with Crippen LogP contribution in [0.2, 0.25) is 0 Å². The van der Waals surface area contributed by atoms with Gasteiger partial charge >= 0.3 is 0 Å². The second-order valence-corrected chi connectivity index (χ2v) is 10.6. The third-order valence-corrected chi connectivity index (χ3v) is 7.95. The van der Waals surface area contributed by atoms with Crippen molar-refractivity contribution in [2.75, 3.05) is 43.9 Å². The zero-order valence-electron chi connectivity index (χ0n) is 23.8. The van der Waals surface area contributed by atoms with Crippen LogP contribution < -0.4 is 26.2 Å². The molecule has 6 aromatic rings. The minimum absolute atomic E-state index is 0.162. The van der Waals surface area contributed by atoms with Crippen LogP contribution in [0.1, 0.15) is 5.56 Å². The van der Waals surface area contributed by atoms with Gasteiger partial charge in [0.05, 0.1) is 19.0 Å². The first-order chi connectivity index (χ1) is 21.4. The van der Waals surface area contributed by atoms with Crippen LogP contribution in [0, 0.1) is 5.82 Å². The molecule has 4 aromatic heterocycles. The van der Waals surface area contributed by atoms with E-state index in [1.165, 1.54) is 13.2 Å². The first kappa shape index (κ1) is 27.3. The Labute approximate surface area is 250 Å².